The number of carbonyl (C=O) groups excluding carboxylic acids is 1. The van der Waals surface area contributed by atoms with E-state index >= 15 is 0 Å². The highest BCUT2D eigenvalue weighted by Gasteiger charge is 2.16. The van der Waals surface area contributed by atoms with E-state index in [1.54, 1.807) is 12.4 Å². The van der Waals surface area contributed by atoms with Crippen molar-refractivity contribution >= 4 is 17.1 Å². The van der Waals surface area contributed by atoms with Crippen LogP contribution in [0.2, 0.25) is 0 Å². The molecule has 1 aliphatic heterocycles. The summed E-state index contributed by atoms with van der Waals surface area (Å²) in [6, 6.07) is 18.4. The van der Waals surface area contributed by atoms with Gasteiger partial charge in [-0.15, -0.1) is 0 Å². The van der Waals surface area contributed by atoms with Crippen molar-refractivity contribution in [3.05, 3.63) is 72.6 Å². The number of carbonyl (C=O) groups is 1. The maximum absolute atomic E-state index is 10.7. The van der Waals surface area contributed by atoms with Crippen LogP contribution in [-0.2, 0) is 11.3 Å². The summed E-state index contributed by atoms with van der Waals surface area (Å²) in [5, 5.41) is 9.22. The van der Waals surface area contributed by atoms with Crippen LogP contribution in [0.5, 0.6) is 11.6 Å². The van der Waals surface area contributed by atoms with Crippen molar-refractivity contribution in [1.82, 2.24) is 25.0 Å². The molecule has 0 bridgehead atoms. The fraction of sp³-hybridized carbons (Fsp3) is 0.240. The molecule has 0 radical (unpaired) electrons. The normalized spacial score (nSPS) is 15.1. The molecule has 4 aromatic rings. The summed E-state index contributed by atoms with van der Waals surface area (Å²) in [5.41, 5.74) is 3.19. The molecule has 2 aromatic heterocycles. The predicted octanol–water partition coefficient (Wildman–Crippen LogP) is 3.73. The summed E-state index contributed by atoms with van der Waals surface area (Å²) in [7, 11) is 0. The Labute approximate surface area is 186 Å². The summed E-state index contributed by atoms with van der Waals surface area (Å²) >= 11 is 0. The molecule has 0 saturated carbocycles. The summed E-state index contributed by atoms with van der Waals surface area (Å²) in [6.07, 6.45) is 4.48. The van der Waals surface area contributed by atoms with Gasteiger partial charge < -0.3 is 9.53 Å². The zero-order chi connectivity index (χ0) is 21.8. The minimum Gasteiger partial charge on any atom is -0.439 e. The van der Waals surface area contributed by atoms with Gasteiger partial charge in [0.2, 0.25) is 5.88 Å². The fourth-order valence-electron chi connectivity index (χ4n) is 4.07. The van der Waals surface area contributed by atoms with Gasteiger partial charge in [0, 0.05) is 56.7 Å². The lowest BCUT2D eigenvalue weighted by Crippen LogP contribution is -2.46. The van der Waals surface area contributed by atoms with Crippen molar-refractivity contribution in [2.24, 2.45) is 0 Å². The molecule has 1 N–H and O–H groups in total. The van der Waals surface area contributed by atoms with Gasteiger partial charge in [-0.2, -0.15) is 5.10 Å². The number of ether oxygens (including phenoxy) is 1. The largest absolute Gasteiger partial charge is 0.439 e. The Morgan fingerprint density at radius 3 is 2.50 bits per heavy atom. The van der Waals surface area contributed by atoms with Crippen molar-refractivity contribution in [2.75, 3.05) is 32.7 Å². The Morgan fingerprint density at radius 1 is 0.938 bits per heavy atom. The molecule has 0 atom stereocenters. The number of hydrogen-bond acceptors (Lipinski definition) is 6. The van der Waals surface area contributed by atoms with Gasteiger partial charge in [0.25, 0.3) is 0 Å². The molecule has 0 unspecified atom stereocenters. The van der Waals surface area contributed by atoms with E-state index in [9.17, 15) is 4.79 Å². The van der Waals surface area contributed by atoms with Crippen LogP contribution in [0.1, 0.15) is 5.56 Å². The van der Waals surface area contributed by atoms with Crippen LogP contribution >= 0.6 is 0 Å². The Hall–Kier alpha value is -3.55. The number of benzene rings is 2. The summed E-state index contributed by atoms with van der Waals surface area (Å²) in [4.78, 5) is 19.7. The number of hydrogen-bond donors (Lipinski definition) is 1. The van der Waals surface area contributed by atoms with E-state index < -0.39 is 0 Å². The number of piperazine rings is 1. The molecular formula is C25H25N5O2. The SMILES string of the molecule is O=CCN1CCN(Cc2ccc3cc(Oc4ccc(-c5ccn[nH]5)cn4)ccc3c2)CC1. The highest BCUT2D eigenvalue weighted by Crippen LogP contribution is 2.27. The number of nitrogens with one attached hydrogen (secondary N) is 1. The average molecular weight is 428 g/mol. The van der Waals surface area contributed by atoms with Gasteiger partial charge in [0.15, 0.2) is 0 Å². The van der Waals surface area contributed by atoms with Gasteiger partial charge in [-0.3, -0.25) is 14.9 Å². The third-order valence-corrected chi connectivity index (χ3v) is 5.85. The summed E-state index contributed by atoms with van der Waals surface area (Å²) < 4.78 is 5.97. The average Bonchev–Trinajstić information content (AvgIpc) is 3.36. The van der Waals surface area contributed by atoms with E-state index in [2.05, 4.69) is 49.2 Å². The molecule has 5 rings (SSSR count). The van der Waals surface area contributed by atoms with Gasteiger partial charge >= 0.3 is 0 Å². The van der Waals surface area contributed by atoms with Crippen molar-refractivity contribution in [3.8, 4) is 22.9 Å². The lowest BCUT2D eigenvalue weighted by molar-refractivity contribution is -0.109. The summed E-state index contributed by atoms with van der Waals surface area (Å²) in [5.74, 6) is 1.32. The molecule has 7 heteroatoms. The monoisotopic (exact) mass is 427 g/mol. The van der Waals surface area contributed by atoms with E-state index in [0.717, 1.165) is 61.4 Å². The Balaban J connectivity index is 1.23. The molecule has 7 nitrogen and oxygen atoms in total. The number of fused-ring (bicyclic) bond motifs is 1. The molecule has 1 saturated heterocycles. The minimum absolute atomic E-state index is 0.540. The molecular weight excluding hydrogens is 402 g/mol. The van der Waals surface area contributed by atoms with Crippen LogP contribution < -0.4 is 4.74 Å². The molecule has 0 spiro atoms. The molecule has 3 heterocycles. The molecule has 162 valence electrons. The topological polar surface area (TPSA) is 74.3 Å². The number of rotatable bonds is 7. The number of aromatic amines is 1. The van der Waals surface area contributed by atoms with Crippen molar-refractivity contribution in [2.45, 2.75) is 6.54 Å². The lowest BCUT2D eigenvalue weighted by Gasteiger charge is -2.33. The van der Waals surface area contributed by atoms with E-state index in [0.29, 0.717) is 12.4 Å². The smallest absolute Gasteiger partial charge is 0.219 e. The molecule has 2 aromatic carbocycles. The molecule has 32 heavy (non-hydrogen) atoms. The number of H-pyrrole nitrogens is 1. The Kier molecular flexibility index (Phi) is 5.91. The maximum atomic E-state index is 10.7. The lowest BCUT2D eigenvalue weighted by atomic mass is 10.1. The van der Waals surface area contributed by atoms with Crippen LogP contribution in [0.25, 0.3) is 22.0 Å². The molecule has 1 aliphatic rings. The first-order valence-electron chi connectivity index (χ1n) is 10.8. The first kappa shape index (κ1) is 20.4. The third kappa shape index (κ3) is 4.69. The number of aldehydes is 1. The number of pyridine rings is 1. The molecule has 0 amide bonds. The first-order valence-corrected chi connectivity index (χ1v) is 10.8. The van der Waals surface area contributed by atoms with Crippen molar-refractivity contribution in [1.29, 1.82) is 0 Å². The predicted molar refractivity (Wildman–Crippen MR) is 124 cm³/mol. The first-order chi connectivity index (χ1) is 15.8. The van der Waals surface area contributed by atoms with E-state index in [1.165, 1.54) is 10.9 Å². The molecule has 0 aliphatic carbocycles. The van der Waals surface area contributed by atoms with Crippen molar-refractivity contribution < 1.29 is 9.53 Å². The quantitative estimate of drug-likeness (QED) is 0.453. The Morgan fingerprint density at radius 2 is 1.75 bits per heavy atom. The number of aromatic nitrogens is 3. The zero-order valence-electron chi connectivity index (χ0n) is 17.8. The number of nitrogens with zero attached hydrogens (tertiary/aromatic N) is 4. The van der Waals surface area contributed by atoms with Crippen LogP contribution in [-0.4, -0.2) is 64.0 Å². The van der Waals surface area contributed by atoms with E-state index in [4.69, 9.17) is 4.74 Å². The summed E-state index contributed by atoms with van der Waals surface area (Å²) in [6.45, 7) is 5.34. The second kappa shape index (κ2) is 9.30. The second-order valence-electron chi connectivity index (χ2n) is 8.04. The van der Waals surface area contributed by atoms with E-state index in [-0.39, 0.29) is 0 Å². The van der Waals surface area contributed by atoms with Crippen LogP contribution in [0.15, 0.2) is 67.0 Å². The van der Waals surface area contributed by atoms with Crippen LogP contribution in [0.4, 0.5) is 0 Å². The zero-order valence-corrected chi connectivity index (χ0v) is 17.8. The van der Waals surface area contributed by atoms with Gasteiger partial charge in [0.1, 0.15) is 12.0 Å². The standard InChI is InChI=1S/C25H25N5O2/c31-14-13-29-9-11-30(12-10-29)18-19-1-2-21-16-23(5-3-20(21)15-19)32-25-6-4-22(17-26-25)24-7-8-27-28-24/h1-8,14-17H,9-13,18H2,(H,27,28). The molecule has 1 fully saturated rings. The van der Waals surface area contributed by atoms with Crippen LogP contribution in [0, 0.1) is 0 Å². The van der Waals surface area contributed by atoms with Crippen molar-refractivity contribution in [3.63, 3.8) is 0 Å². The van der Waals surface area contributed by atoms with Gasteiger partial charge in [-0.05, 0) is 46.7 Å². The highest BCUT2D eigenvalue weighted by molar-refractivity contribution is 5.84. The Bertz CT molecular complexity index is 1180. The maximum Gasteiger partial charge on any atom is 0.219 e. The minimum atomic E-state index is 0.540. The fourth-order valence-corrected chi connectivity index (χ4v) is 4.07. The second-order valence-corrected chi connectivity index (χ2v) is 8.04. The third-order valence-electron chi connectivity index (χ3n) is 5.85. The van der Waals surface area contributed by atoms with Gasteiger partial charge in [-0.25, -0.2) is 4.98 Å². The van der Waals surface area contributed by atoms with E-state index in [1.807, 2.05) is 30.3 Å². The van der Waals surface area contributed by atoms with Crippen LogP contribution in [0.3, 0.4) is 0 Å². The highest BCUT2D eigenvalue weighted by atomic mass is 16.5. The van der Waals surface area contributed by atoms with Gasteiger partial charge in [0.05, 0.1) is 12.2 Å². The van der Waals surface area contributed by atoms with Gasteiger partial charge in [-0.1, -0.05) is 18.2 Å².